The van der Waals surface area contributed by atoms with Crippen molar-refractivity contribution in [3.05, 3.63) is 23.8 Å². The Hall–Kier alpha value is -2.84. The average Bonchev–Trinajstić information content (AvgIpc) is 3.06. The van der Waals surface area contributed by atoms with Gasteiger partial charge in [0.05, 0.1) is 5.60 Å². The number of hydrogen-bond acceptors (Lipinski definition) is 13. The van der Waals surface area contributed by atoms with Crippen LogP contribution < -0.4 is 0 Å². The van der Waals surface area contributed by atoms with Gasteiger partial charge in [-0.25, -0.2) is 4.79 Å². The van der Waals surface area contributed by atoms with Crippen LogP contribution in [0.25, 0.3) is 0 Å². The first-order chi connectivity index (χ1) is 19.8. The fraction of sp³-hybridized carbons (Fsp3) is 0.733. The number of rotatable bonds is 7. The smallest absolute Gasteiger partial charge is 0.341 e. The van der Waals surface area contributed by atoms with Gasteiger partial charge in [0.2, 0.25) is 0 Å². The summed E-state index contributed by atoms with van der Waals surface area (Å²) in [4.78, 5) is 50.9. The van der Waals surface area contributed by atoms with Crippen molar-refractivity contribution in [1.82, 2.24) is 0 Å². The molecule has 1 saturated heterocycles. The maximum absolute atomic E-state index is 13.0. The second-order valence-corrected chi connectivity index (χ2v) is 12.4. The van der Waals surface area contributed by atoms with Gasteiger partial charge in [-0.05, 0) is 38.8 Å². The standard InChI is InChI=1S/C30H44O13/c1-8-9-10-11-20(34)43-22-15(2)14-19-30(39,29(7,38)26(36)42-19)25(41-17(4)32)23-27(5,13-12-18(33)28(23,6)37)24(21(22)35)40-16(3)31/h12-14,18-19,21-25,33,35,37-39H,8-11H2,1-7H3/b15-14-/t18-,19+,21-,22?,23-,24+,25?,27+,28-,29-,30+/m1/s1. The molecule has 0 amide bonds. The molecular weight excluding hydrogens is 568 g/mol. The average molecular weight is 613 g/mol. The molecule has 242 valence electrons. The Morgan fingerprint density at radius 3 is 2.09 bits per heavy atom. The van der Waals surface area contributed by atoms with Crippen LogP contribution in [0.3, 0.4) is 0 Å². The van der Waals surface area contributed by atoms with Crippen molar-refractivity contribution in [3.63, 3.8) is 0 Å². The van der Waals surface area contributed by atoms with Gasteiger partial charge in [-0.2, -0.15) is 0 Å². The van der Waals surface area contributed by atoms with E-state index in [1.165, 1.54) is 32.9 Å². The van der Waals surface area contributed by atoms with E-state index in [1.54, 1.807) is 0 Å². The number of aliphatic hydroxyl groups excluding tert-OH is 2. The number of esters is 4. The van der Waals surface area contributed by atoms with Gasteiger partial charge in [0.15, 0.2) is 23.4 Å². The molecule has 0 aromatic rings. The number of carbonyl (C=O) groups excluding carboxylic acids is 4. The predicted molar refractivity (Wildman–Crippen MR) is 148 cm³/mol. The highest BCUT2D eigenvalue weighted by Gasteiger charge is 2.74. The van der Waals surface area contributed by atoms with Crippen molar-refractivity contribution < 1.29 is 63.7 Å². The van der Waals surface area contributed by atoms with Crippen LogP contribution in [0.1, 0.15) is 74.1 Å². The van der Waals surface area contributed by atoms with Crippen LogP contribution in [0, 0.1) is 11.3 Å². The maximum atomic E-state index is 13.0. The third-order valence-electron chi connectivity index (χ3n) is 9.04. The summed E-state index contributed by atoms with van der Waals surface area (Å²) in [5, 5.41) is 58.4. The molecule has 43 heavy (non-hydrogen) atoms. The molecule has 2 aliphatic carbocycles. The molecule has 5 N–H and O–H groups in total. The van der Waals surface area contributed by atoms with E-state index in [9.17, 15) is 44.7 Å². The third kappa shape index (κ3) is 5.97. The first kappa shape index (κ1) is 34.6. The number of aliphatic hydroxyl groups is 5. The number of unbranched alkanes of at least 4 members (excludes halogenated alkanes) is 2. The fourth-order valence-corrected chi connectivity index (χ4v) is 6.65. The lowest BCUT2D eigenvalue weighted by Crippen LogP contribution is -2.74. The lowest BCUT2D eigenvalue weighted by atomic mass is 9.53. The van der Waals surface area contributed by atoms with Crippen molar-refractivity contribution >= 4 is 23.9 Å². The molecule has 1 aliphatic heterocycles. The zero-order valence-corrected chi connectivity index (χ0v) is 25.6. The predicted octanol–water partition coefficient (Wildman–Crippen LogP) is 0.374. The topological polar surface area (TPSA) is 206 Å². The highest BCUT2D eigenvalue weighted by atomic mass is 16.6. The van der Waals surface area contributed by atoms with Crippen LogP contribution in [0.4, 0.5) is 0 Å². The van der Waals surface area contributed by atoms with Gasteiger partial charge in [0, 0.05) is 31.6 Å². The van der Waals surface area contributed by atoms with Crippen molar-refractivity contribution in [1.29, 1.82) is 0 Å². The maximum Gasteiger partial charge on any atom is 0.341 e. The molecular formula is C30H44O13. The molecule has 0 bridgehead atoms. The third-order valence-corrected chi connectivity index (χ3v) is 9.04. The zero-order chi connectivity index (χ0) is 32.7. The Morgan fingerprint density at radius 1 is 0.953 bits per heavy atom. The molecule has 13 heteroatoms. The van der Waals surface area contributed by atoms with Gasteiger partial charge in [0.1, 0.15) is 24.4 Å². The molecule has 1 fully saturated rings. The Kier molecular flexibility index (Phi) is 9.89. The quantitative estimate of drug-likeness (QED) is 0.114. The van der Waals surface area contributed by atoms with Gasteiger partial charge in [-0.1, -0.05) is 38.8 Å². The Morgan fingerprint density at radius 2 is 1.53 bits per heavy atom. The second-order valence-electron chi connectivity index (χ2n) is 12.4. The second kappa shape index (κ2) is 12.3. The number of fused-ring (bicyclic) bond motifs is 2. The molecule has 0 spiro atoms. The van der Waals surface area contributed by atoms with Gasteiger partial charge < -0.3 is 44.5 Å². The lowest BCUT2D eigenvalue weighted by molar-refractivity contribution is -0.263. The van der Waals surface area contributed by atoms with Crippen molar-refractivity contribution in [2.75, 3.05) is 0 Å². The van der Waals surface area contributed by atoms with Gasteiger partial charge in [0.25, 0.3) is 0 Å². The molecule has 3 rings (SSSR count). The molecule has 2 unspecified atom stereocenters. The Balaban J connectivity index is 2.41. The van der Waals surface area contributed by atoms with E-state index >= 15 is 0 Å². The first-order valence-electron chi connectivity index (χ1n) is 14.4. The van der Waals surface area contributed by atoms with Gasteiger partial charge in [-0.15, -0.1) is 0 Å². The molecule has 0 saturated carbocycles. The minimum absolute atomic E-state index is 0.00879. The highest BCUT2D eigenvalue weighted by Crippen LogP contribution is 2.55. The lowest BCUT2D eigenvalue weighted by Gasteiger charge is -2.57. The summed E-state index contributed by atoms with van der Waals surface area (Å²) in [7, 11) is 0. The van der Waals surface area contributed by atoms with E-state index in [0.717, 1.165) is 39.7 Å². The molecule has 13 nitrogen and oxygen atoms in total. The summed E-state index contributed by atoms with van der Waals surface area (Å²) in [5.74, 6) is -5.53. The largest absolute Gasteiger partial charge is 0.459 e. The van der Waals surface area contributed by atoms with Crippen LogP contribution >= 0.6 is 0 Å². The number of hydrogen-bond donors (Lipinski definition) is 5. The molecule has 0 aromatic carbocycles. The van der Waals surface area contributed by atoms with Crippen molar-refractivity contribution in [2.45, 2.75) is 128 Å². The van der Waals surface area contributed by atoms with E-state index in [0.29, 0.717) is 6.42 Å². The van der Waals surface area contributed by atoms with Gasteiger partial charge in [-0.3, -0.25) is 14.4 Å². The Bertz CT molecular complexity index is 1170. The van der Waals surface area contributed by atoms with Crippen LogP contribution in [-0.4, -0.2) is 103 Å². The molecule has 1 heterocycles. The molecule has 11 atom stereocenters. The van der Waals surface area contributed by atoms with Crippen molar-refractivity contribution in [3.8, 4) is 0 Å². The summed E-state index contributed by atoms with van der Waals surface area (Å²) in [5.41, 5.74) is -9.65. The van der Waals surface area contributed by atoms with Crippen molar-refractivity contribution in [2.24, 2.45) is 11.3 Å². The summed E-state index contributed by atoms with van der Waals surface area (Å²) in [6, 6.07) is 0. The minimum Gasteiger partial charge on any atom is -0.459 e. The van der Waals surface area contributed by atoms with Crippen LogP contribution in [0.5, 0.6) is 0 Å². The van der Waals surface area contributed by atoms with Crippen LogP contribution in [-0.2, 0) is 38.1 Å². The number of carbonyl (C=O) groups is 4. The highest BCUT2D eigenvalue weighted by molar-refractivity contribution is 5.84. The van der Waals surface area contributed by atoms with Gasteiger partial charge >= 0.3 is 23.9 Å². The number of ether oxygens (including phenoxy) is 4. The minimum atomic E-state index is -2.82. The van der Waals surface area contributed by atoms with E-state index in [-0.39, 0.29) is 12.0 Å². The monoisotopic (exact) mass is 612 g/mol. The van der Waals surface area contributed by atoms with Crippen LogP contribution in [0.15, 0.2) is 23.8 Å². The van der Waals surface area contributed by atoms with E-state index < -0.39 is 88.6 Å². The summed E-state index contributed by atoms with van der Waals surface area (Å²) >= 11 is 0. The van der Waals surface area contributed by atoms with E-state index in [4.69, 9.17) is 18.9 Å². The molecule has 3 aliphatic rings. The normalized spacial score (nSPS) is 43.8. The summed E-state index contributed by atoms with van der Waals surface area (Å²) in [6.45, 7) is 8.96. The Labute approximate surface area is 250 Å². The fourth-order valence-electron chi connectivity index (χ4n) is 6.65. The molecule has 0 radical (unpaired) electrons. The molecule has 0 aromatic heterocycles. The van der Waals surface area contributed by atoms with E-state index in [1.807, 2.05) is 6.92 Å². The van der Waals surface area contributed by atoms with E-state index in [2.05, 4.69) is 0 Å². The zero-order valence-electron chi connectivity index (χ0n) is 25.6. The SMILES string of the molecule is CCCCCC(=O)OC1/C(C)=C\[C@@H]2OC(=O)[C@@](C)(O)[C@@]2(O)C(OC(C)=O)[C@H]2[C@](C)(O)[C@H](O)C=C[C@]2(C)[C@@H](OC(C)=O)[C@@H]1O. The summed E-state index contributed by atoms with van der Waals surface area (Å²) < 4.78 is 22.3. The summed E-state index contributed by atoms with van der Waals surface area (Å²) in [6.07, 6.45) is -4.72. The first-order valence-corrected chi connectivity index (χ1v) is 14.4. The van der Waals surface area contributed by atoms with Crippen LogP contribution in [0.2, 0.25) is 0 Å².